The summed E-state index contributed by atoms with van der Waals surface area (Å²) in [7, 11) is -1.24. The van der Waals surface area contributed by atoms with Crippen molar-refractivity contribution in [3.63, 3.8) is 0 Å². The van der Waals surface area contributed by atoms with Gasteiger partial charge in [0.15, 0.2) is 11.5 Å². The van der Waals surface area contributed by atoms with Gasteiger partial charge in [-0.15, -0.1) is 0 Å². The van der Waals surface area contributed by atoms with Gasteiger partial charge in [-0.25, -0.2) is 17.6 Å². The van der Waals surface area contributed by atoms with Gasteiger partial charge in [-0.05, 0) is 60.9 Å². The second kappa shape index (κ2) is 10.1. The average molecular weight is 512 g/mol. The van der Waals surface area contributed by atoms with Gasteiger partial charge in [-0.1, -0.05) is 42.0 Å². The molecule has 0 fully saturated rings. The lowest BCUT2D eigenvalue weighted by atomic mass is 9.89. The third-order valence-electron chi connectivity index (χ3n) is 6.24. The van der Waals surface area contributed by atoms with Crippen LogP contribution in [0.3, 0.4) is 0 Å². The molecule has 3 aromatic rings. The number of sulfonamides is 1. The summed E-state index contributed by atoms with van der Waals surface area (Å²) >= 11 is 0. The van der Waals surface area contributed by atoms with E-state index in [-0.39, 0.29) is 16.9 Å². The zero-order chi connectivity index (χ0) is 26.0. The van der Waals surface area contributed by atoms with E-state index in [2.05, 4.69) is 0 Å². The van der Waals surface area contributed by atoms with E-state index in [0.29, 0.717) is 22.6 Å². The molecule has 0 aromatic heterocycles. The minimum atomic E-state index is -4.22. The highest BCUT2D eigenvalue weighted by Gasteiger charge is 2.44. The number of ether oxygens (including phenoxy) is 2. The fourth-order valence-corrected chi connectivity index (χ4v) is 6.21. The number of carbonyl (C=O) groups is 1. The molecule has 0 saturated heterocycles. The van der Waals surface area contributed by atoms with E-state index in [4.69, 9.17) is 9.47 Å². The van der Waals surface area contributed by atoms with Gasteiger partial charge in [0.05, 0.1) is 36.8 Å². The Hall–Kier alpha value is -3.69. The second-order valence-corrected chi connectivity index (χ2v) is 10.3. The van der Waals surface area contributed by atoms with Crippen LogP contribution in [-0.2, 0) is 14.8 Å². The van der Waals surface area contributed by atoms with Crippen molar-refractivity contribution in [3.8, 4) is 11.5 Å². The van der Waals surface area contributed by atoms with E-state index >= 15 is 0 Å². The Kier molecular flexibility index (Phi) is 7.14. The fourth-order valence-electron chi connectivity index (χ4n) is 4.43. The van der Waals surface area contributed by atoms with Crippen LogP contribution in [0.25, 0.3) is 0 Å². The maximum absolute atomic E-state index is 14.2. The molecule has 0 aliphatic carbocycles. The average Bonchev–Trinajstić information content (AvgIpc) is 2.88. The number of aryl methyl sites for hydroxylation is 1. The van der Waals surface area contributed by atoms with Gasteiger partial charge in [-0.3, -0.25) is 0 Å². The second-order valence-electron chi connectivity index (χ2n) is 8.43. The van der Waals surface area contributed by atoms with Crippen LogP contribution in [0.5, 0.6) is 11.5 Å². The number of carboxylic acids is 1. The van der Waals surface area contributed by atoms with Gasteiger partial charge in [0.1, 0.15) is 5.82 Å². The molecule has 0 unspecified atom stereocenters. The van der Waals surface area contributed by atoms with Crippen LogP contribution in [0.4, 0.5) is 4.39 Å². The molecular weight excluding hydrogens is 485 g/mol. The van der Waals surface area contributed by atoms with Crippen molar-refractivity contribution in [2.24, 2.45) is 0 Å². The number of methoxy groups -OCH3 is 2. The minimum Gasteiger partial charge on any atom is -0.493 e. The van der Waals surface area contributed by atoms with Crippen LogP contribution in [0.1, 0.15) is 35.2 Å². The SMILES string of the molecule is COc1ccc([C@@H]2CC=C(C(=O)O)[C@H](c3ccc(F)cc3)N2S(=O)(=O)c2ccc(C)cc2)cc1OC. The third kappa shape index (κ3) is 4.72. The van der Waals surface area contributed by atoms with Gasteiger partial charge in [0.2, 0.25) is 10.0 Å². The summed E-state index contributed by atoms with van der Waals surface area (Å²) in [5.74, 6) is -0.880. The lowest BCUT2D eigenvalue weighted by molar-refractivity contribution is -0.133. The molecule has 1 heterocycles. The van der Waals surface area contributed by atoms with Gasteiger partial charge in [0, 0.05) is 0 Å². The van der Waals surface area contributed by atoms with E-state index in [1.165, 1.54) is 61.0 Å². The standard InChI is InChI=1S/C27H26FNO6S/c1-17-4-11-21(12-5-17)36(32,33)29-23(19-8-15-24(34-2)25(16-19)35-3)14-13-22(27(30)31)26(29)18-6-9-20(28)10-7-18/h4-13,15-16,23,26H,14H2,1-3H3,(H,30,31)/t23-,26-/m0/s1. The molecule has 36 heavy (non-hydrogen) atoms. The van der Waals surface area contributed by atoms with Crippen LogP contribution >= 0.6 is 0 Å². The van der Waals surface area contributed by atoms with Crippen molar-refractivity contribution in [1.82, 2.24) is 4.31 Å². The Morgan fingerprint density at radius 2 is 1.56 bits per heavy atom. The highest BCUT2D eigenvalue weighted by molar-refractivity contribution is 7.89. The Morgan fingerprint density at radius 1 is 0.944 bits per heavy atom. The van der Waals surface area contributed by atoms with Gasteiger partial charge in [0.25, 0.3) is 0 Å². The number of benzene rings is 3. The predicted octanol–water partition coefficient (Wildman–Crippen LogP) is 5.04. The van der Waals surface area contributed by atoms with Gasteiger partial charge < -0.3 is 14.6 Å². The quantitative estimate of drug-likeness (QED) is 0.478. The highest BCUT2D eigenvalue weighted by Crippen LogP contribution is 2.46. The zero-order valence-electron chi connectivity index (χ0n) is 20.0. The lowest BCUT2D eigenvalue weighted by Crippen LogP contribution is -2.42. The molecule has 2 atom stereocenters. The van der Waals surface area contributed by atoms with Gasteiger partial charge in [-0.2, -0.15) is 4.31 Å². The molecule has 7 nitrogen and oxygen atoms in total. The summed E-state index contributed by atoms with van der Waals surface area (Å²) in [5, 5.41) is 10.0. The van der Waals surface area contributed by atoms with Crippen LogP contribution in [0.2, 0.25) is 0 Å². The van der Waals surface area contributed by atoms with E-state index in [1.807, 2.05) is 6.92 Å². The summed E-state index contributed by atoms with van der Waals surface area (Å²) in [6.07, 6.45) is 1.64. The van der Waals surface area contributed by atoms with Gasteiger partial charge >= 0.3 is 5.97 Å². The number of halogens is 1. The monoisotopic (exact) mass is 511 g/mol. The van der Waals surface area contributed by atoms with Crippen LogP contribution < -0.4 is 9.47 Å². The Bertz CT molecular complexity index is 1400. The Morgan fingerprint density at radius 3 is 2.14 bits per heavy atom. The largest absolute Gasteiger partial charge is 0.493 e. The molecule has 4 rings (SSSR count). The molecule has 0 spiro atoms. The molecule has 1 aliphatic rings. The molecule has 0 saturated carbocycles. The van der Waals surface area contributed by atoms with Crippen molar-refractivity contribution < 1.29 is 32.2 Å². The van der Waals surface area contributed by atoms with Crippen molar-refractivity contribution in [2.45, 2.75) is 30.3 Å². The Balaban J connectivity index is 1.97. The number of rotatable bonds is 7. The topological polar surface area (TPSA) is 93.1 Å². The number of carboxylic acid groups (broad SMARTS) is 1. The molecule has 188 valence electrons. The molecule has 0 radical (unpaired) electrons. The molecular formula is C27H26FNO6S. The number of hydrogen-bond acceptors (Lipinski definition) is 5. The number of aliphatic carboxylic acids is 1. The summed E-state index contributed by atoms with van der Waals surface area (Å²) in [6, 6.07) is 14.7. The first-order chi connectivity index (χ1) is 17.2. The first kappa shape index (κ1) is 25.4. The summed E-state index contributed by atoms with van der Waals surface area (Å²) < 4.78 is 54.0. The summed E-state index contributed by atoms with van der Waals surface area (Å²) in [6.45, 7) is 1.84. The van der Waals surface area contributed by atoms with E-state index in [1.54, 1.807) is 30.3 Å². The molecule has 3 aromatic carbocycles. The first-order valence-corrected chi connectivity index (χ1v) is 12.6. The van der Waals surface area contributed by atoms with Crippen molar-refractivity contribution in [2.75, 3.05) is 14.2 Å². The fraction of sp³-hybridized carbons (Fsp3) is 0.222. The van der Waals surface area contributed by atoms with E-state index < -0.39 is 33.9 Å². The zero-order valence-corrected chi connectivity index (χ0v) is 20.8. The van der Waals surface area contributed by atoms with Crippen molar-refractivity contribution >= 4 is 16.0 Å². The van der Waals surface area contributed by atoms with Crippen LogP contribution in [0.15, 0.2) is 83.3 Å². The molecule has 1 aliphatic heterocycles. The van der Waals surface area contributed by atoms with Crippen LogP contribution in [-0.4, -0.2) is 38.0 Å². The van der Waals surface area contributed by atoms with Crippen molar-refractivity contribution in [3.05, 3.63) is 101 Å². The summed E-state index contributed by atoms with van der Waals surface area (Å²) in [4.78, 5) is 12.3. The third-order valence-corrected chi connectivity index (χ3v) is 8.13. The highest BCUT2D eigenvalue weighted by atomic mass is 32.2. The molecule has 0 bridgehead atoms. The molecule has 1 N–H and O–H groups in total. The maximum atomic E-state index is 14.2. The lowest BCUT2D eigenvalue weighted by Gasteiger charge is -2.40. The molecule has 9 heteroatoms. The normalized spacial score (nSPS) is 18.4. The smallest absolute Gasteiger partial charge is 0.333 e. The van der Waals surface area contributed by atoms with Crippen LogP contribution in [0, 0.1) is 12.7 Å². The Labute approximate surface area is 209 Å². The summed E-state index contributed by atoms with van der Waals surface area (Å²) in [5.41, 5.74) is 1.71. The van der Waals surface area contributed by atoms with Crippen molar-refractivity contribution in [1.29, 1.82) is 0 Å². The maximum Gasteiger partial charge on any atom is 0.333 e. The minimum absolute atomic E-state index is 0.0253. The number of nitrogens with zero attached hydrogens (tertiary/aromatic N) is 1. The number of hydrogen-bond donors (Lipinski definition) is 1. The first-order valence-electron chi connectivity index (χ1n) is 11.2. The van der Waals surface area contributed by atoms with E-state index in [0.717, 1.165) is 5.56 Å². The van der Waals surface area contributed by atoms with E-state index in [9.17, 15) is 22.7 Å². The predicted molar refractivity (Wildman–Crippen MR) is 132 cm³/mol. The molecule has 0 amide bonds.